The number of carboxylic acid groups (broad SMARTS) is 1. The lowest BCUT2D eigenvalue weighted by atomic mass is 10.1. The largest absolute Gasteiger partial charge is 0.477 e. The van der Waals surface area contributed by atoms with E-state index < -0.39 is 5.97 Å². The number of rotatable bonds is 3. The van der Waals surface area contributed by atoms with Crippen LogP contribution in [0.2, 0.25) is 0 Å². The number of nitrogens with zero attached hydrogens (tertiary/aromatic N) is 3. The van der Waals surface area contributed by atoms with E-state index in [1.54, 1.807) is 23.1 Å². The minimum atomic E-state index is -1.02. The molecular weight excluding hydrogens is 206 g/mol. The van der Waals surface area contributed by atoms with Crippen molar-refractivity contribution in [3.63, 3.8) is 0 Å². The fraction of sp³-hybridized carbons (Fsp3) is 0.182. The molecule has 82 valence electrons. The Labute approximate surface area is 92.4 Å². The number of aryl methyl sites for hydroxylation is 1. The van der Waals surface area contributed by atoms with Crippen molar-refractivity contribution in [3.05, 3.63) is 36.4 Å². The highest BCUT2D eigenvalue weighted by Crippen LogP contribution is 2.17. The first-order chi connectivity index (χ1) is 7.70. The normalized spacial score (nSPS) is 10.3. The Morgan fingerprint density at radius 2 is 2.19 bits per heavy atom. The van der Waals surface area contributed by atoms with Crippen molar-refractivity contribution in [1.82, 2.24) is 14.8 Å². The maximum absolute atomic E-state index is 10.6. The minimum absolute atomic E-state index is 0.0478. The third-order valence-corrected chi connectivity index (χ3v) is 2.27. The Kier molecular flexibility index (Phi) is 2.68. The van der Waals surface area contributed by atoms with Gasteiger partial charge in [0.25, 0.3) is 0 Å². The van der Waals surface area contributed by atoms with Gasteiger partial charge in [0.1, 0.15) is 5.69 Å². The van der Waals surface area contributed by atoms with Gasteiger partial charge in [-0.15, -0.1) is 0 Å². The van der Waals surface area contributed by atoms with Crippen LogP contribution in [0.1, 0.15) is 17.4 Å². The van der Waals surface area contributed by atoms with Crippen molar-refractivity contribution in [2.45, 2.75) is 13.5 Å². The molecule has 0 aliphatic carbocycles. The van der Waals surface area contributed by atoms with Crippen LogP contribution in [0.3, 0.4) is 0 Å². The van der Waals surface area contributed by atoms with Crippen LogP contribution >= 0.6 is 0 Å². The zero-order valence-electron chi connectivity index (χ0n) is 8.79. The van der Waals surface area contributed by atoms with E-state index in [1.807, 2.05) is 13.1 Å². The van der Waals surface area contributed by atoms with E-state index >= 15 is 0 Å². The van der Waals surface area contributed by atoms with Crippen LogP contribution < -0.4 is 0 Å². The molecule has 0 radical (unpaired) electrons. The molecule has 0 unspecified atom stereocenters. The summed E-state index contributed by atoms with van der Waals surface area (Å²) < 4.78 is 1.81. The summed E-state index contributed by atoms with van der Waals surface area (Å²) in [5, 5.41) is 12.9. The third-order valence-electron chi connectivity index (χ3n) is 2.27. The molecule has 0 fully saturated rings. The Hall–Kier alpha value is -2.17. The molecule has 16 heavy (non-hydrogen) atoms. The maximum atomic E-state index is 10.6. The topological polar surface area (TPSA) is 68.0 Å². The number of carboxylic acids is 1. The van der Waals surface area contributed by atoms with Gasteiger partial charge in [-0.05, 0) is 13.0 Å². The van der Waals surface area contributed by atoms with E-state index in [-0.39, 0.29) is 5.69 Å². The van der Waals surface area contributed by atoms with Crippen molar-refractivity contribution < 1.29 is 9.90 Å². The standard InChI is InChI=1S/C11H11N3O2/c1-2-14-7-9(6-13-14)8-3-4-10(11(15)16)12-5-8/h3-7H,2H2,1H3,(H,15,16). The molecule has 0 bridgehead atoms. The number of hydrogen-bond donors (Lipinski definition) is 1. The molecule has 0 atom stereocenters. The van der Waals surface area contributed by atoms with E-state index in [1.165, 1.54) is 6.07 Å². The summed E-state index contributed by atoms with van der Waals surface area (Å²) in [6.07, 6.45) is 5.18. The quantitative estimate of drug-likeness (QED) is 0.849. The van der Waals surface area contributed by atoms with Gasteiger partial charge in [-0.1, -0.05) is 6.07 Å². The van der Waals surface area contributed by atoms with E-state index in [0.29, 0.717) is 0 Å². The lowest BCUT2D eigenvalue weighted by molar-refractivity contribution is 0.0690. The first kappa shape index (κ1) is 10.4. The second kappa shape index (κ2) is 4.14. The predicted molar refractivity (Wildman–Crippen MR) is 58.1 cm³/mol. The molecule has 2 aromatic rings. The van der Waals surface area contributed by atoms with E-state index in [9.17, 15) is 4.79 Å². The molecular formula is C11H11N3O2. The zero-order valence-corrected chi connectivity index (χ0v) is 8.79. The molecule has 1 N–H and O–H groups in total. The van der Waals surface area contributed by atoms with Gasteiger partial charge >= 0.3 is 5.97 Å². The molecule has 2 aromatic heterocycles. The highest BCUT2D eigenvalue weighted by molar-refractivity contribution is 5.85. The summed E-state index contributed by atoms with van der Waals surface area (Å²) in [6, 6.07) is 3.22. The highest BCUT2D eigenvalue weighted by Gasteiger charge is 2.05. The summed E-state index contributed by atoms with van der Waals surface area (Å²) in [4.78, 5) is 14.5. The SMILES string of the molecule is CCn1cc(-c2ccc(C(=O)O)nc2)cn1. The summed E-state index contributed by atoms with van der Waals surface area (Å²) in [5.41, 5.74) is 1.85. The van der Waals surface area contributed by atoms with Crippen molar-refractivity contribution in [2.75, 3.05) is 0 Å². The van der Waals surface area contributed by atoms with Crippen molar-refractivity contribution in [1.29, 1.82) is 0 Å². The van der Waals surface area contributed by atoms with Crippen LogP contribution in [0, 0.1) is 0 Å². The first-order valence-corrected chi connectivity index (χ1v) is 4.93. The molecule has 0 aromatic carbocycles. The molecule has 0 saturated carbocycles. The van der Waals surface area contributed by atoms with Crippen molar-refractivity contribution in [2.24, 2.45) is 0 Å². The third kappa shape index (κ3) is 1.93. The molecule has 5 nitrogen and oxygen atoms in total. The summed E-state index contributed by atoms with van der Waals surface area (Å²) in [7, 11) is 0. The Morgan fingerprint density at radius 1 is 1.38 bits per heavy atom. The van der Waals surface area contributed by atoms with E-state index in [0.717, 1.165) is 17.7 Å². The lowest BCUT2D eigenvalue weighted by Crippen LogP contribution is -1.98. The van der Waals surface area contributed by atoms with Crippen LogP contribution in [0.4, 0.5) is 0 Å². The zero-order chi connectivity index (χ0) is 11.5. The van der Waals surface area contributed by atoms with Gasteiger partial charge in [0, 0.05) is 30.1 Å². The monoisotopic (exact) mass is 217 g/mol. The van der Waals surface area contributed by atoms with Crippen LogP contribution in [-0.2, 0) is 6.54 Å². The van der Waals surface area contributed by atoms with Gasteiger partial charge in [-0.25, -0.2) is 9.78 Å². The van der Waals surface area contributed by atoms with Crippen molar-refractivity contribution >= 4 is 5.97 Å². The molecule has 0 spiro atoms. The second-order valence-electron chi connectivity index (χ2n) is 3.32. The number of pyridine rings is 1. The molecule has 2 rings (SSSR count). The predicted octanol–water partition coefficient (Wildman–Crippen LogP) is 1.66. The number of aromatic nitrogens is 3. The highest BCUT2D eigenvalue weighted by atomic mass is 16.4. The summed E-state index contributed by atoms with van der Waals surface area (Å²) in [5.74, 6) is -1.02. The summed E-state index contributed by atoms with van der Waals surface area (Å²) >= 11 is 0. The van der Waals surface area contributed by atoms with Crippen molar-refractivity contribution in [3.8, 4) is 11.1 Å². The Bertz CT molecular complexity index is 502. The van der Waals surface area contributed by atoms with Crippen LogP contribution in [0.15, 0.2) is 30.7 Å². The van der Waals surface area contributed by atoms with Gasteiger partial charge in [-0.3, -0.25) is 4.68 Å². The molecule has 0 saturated heterocycles. The minimum Gasteiger partial charge on any atom is -0.477 e. The van der Waals surface area contributed by atoms with Gasteiger partial charge in [0.15, 0.2) is 0 Å². The Balaban J connectivity index is 2.30. The fourth-order valence-electron chi connectivity index (χ4n) is 1.38. The molecule has 0 amide bonds. The lowest BCUT2D eigenvalue weighted by Gasteiger charge is -1.97. The number of carbonyl (C=O) groups is 1. The average Bonchev–Trinajstić information content (AvgIpc) is 2.77. The molecule has 5 heteroatoms. The van der Waals surface area contributed by atoms with Gasteiger partial charge in [0.2, 0.25) is 0 Å². The van der Waals surface area contributed by atoms with E-state index in [2.05, 4.69) is 10.1 Å². The first-order valence-electron chi connectivity index (χ1n) is 4.93. The number of hydrogen-bond acceptors (Lipinski definition) is 3. The Morgan fingerprint density at radius 3 is 2.69 bits per heavy atom. The molecule has 0 aliphatic rings. The smallest absolute Gasteiger partial charge is 0.354 e. The maximum Gasteiger partial charge on any atom is 0.354 e. The van der Waals surface area contributed by atoms with Gasteiger partial charge in [-0.2, -0.15) is 5.10 Å². The molecule has 0 aliphatic heterocycles. The fourth-order valence-corrected chi connectivity index (χ4v) is 1.38. The van der Waals surface area contributed by atoms with E-state index in [4.69, 9.17) is 5.11 Å². The average molecular weight is 217 g/mol. The second-order valence-corrected chi connectivity index (χ2v) is 3.32. The van der Waals surface area contributed by atoms with Gasteiger partial charge in [0.05, 0.1) is 6.20 Å². The molecule has 2 heterocycles. The van der Waals surface area contributed by atoms with Crippen LogP contribution in [-0.4, -0.2) is 25.8 Å². The van der Waals surface area contributed by atoms with Crippen LogP contribution in [0.5, 0.6) is 0 Å². The van der Waals surface area contributed by atoms with Gasteiger partial charge < -0.3 is 5.11 Å². The number of aromatic carboxylic acids is 1. The van der Waals surface area contributed by atoms with Crippen LogP contribution in [0.25, 0.3) is 11.1 Å². The summed E-state index contributed by atoms with van der Waals surface area (Å²) in [6.45, 7) is 2.81.